The standard InChI is InChI=1S/C26H28FN7O2/c1-3-32-15-21(24(35)17-5-6-17)20-11-19(7-8-23(20)32)29-26-28-12-22(27)25(30-26)34-14-18(16(2)31-34)13-33-9-4-10-36-33/h7-8,11-12,14-15,17H,3-6,9-10,13H2,1-2H3,(H,28,29,30). The summed E-state index contributed by atoms with van der Waals surface area (Å²) in [5, 5.41) is 10.4. The van der Waals surface area contributed by atoms with Crippen molar-refractivity contribution in [2.45, 2.75) is 46.2 Å². The lowest BCUT2D eigenvalue weighted by atomic mass is 10.1. The highest BCUT2D eigenvalue weighted by atomic mass is 19.1. The van der Waals surface area contributed by atoms with Crippen LogP contribution >= 0.6 is 0 Å². The van der Waals surface area contributed by atoms with Gasteiger partial charge in [-0.1, -0.05) is 0 Å². The third-order valence-corrected chi connectivity index (χ3v) is 6.81. The Labute approximate surface area is 207 Å². The fraction of sp³-hybridized carbons (Fsp3) is 0.385. The van der Waals surface area contributed by atoms with Gasteiger partial charge in [-0.3, -0.25) is 9.63 Å². The van der Waals surface area contributed by atoms with E-state index in [2.05, 4.69) is 31.9 Å². The predicted molar refractivity (Wildman–Crippen MR) is 133 cm³/mol. The molecule has 3 aromatic heterocycles. The molecular weight excluding hydrogens is 461 g/mol. The van der Waals surface area contributed by atoms with E-state index >= 15 is 0 Å². The first-order valence-corrected chi connectivity index (χ1v) is 12.4. The van der Waals surface area contributed by atoms with Crippen molar-refractivity contribution in [1.29, 1.82) is 0 Å². The molecule has 2 aliphatic rings. The van der Waals surface area contributed by atoms with E-state index in [1.54, 1.807) is 6.20 Å². The number of hydrogen-bond acceptors (Lipinski definition) is 7. The highest BCUT2D eigenvalue weighted by molar-refractivity contribution is 6.10. The molecule has 2 fully saturated rings. The van der Waals surface area contributed by atoms with Gasteiger partial charge in [-0.25, -0.2) is 14.1 Å². The molecule has 1 saturated carbocycles. The number of nitrogens with one attached hydrogen (secondary N) is 1. The number of aryl methyl sites for hydroxylation is 2. The first kappa shape index (κ1) is 22.8. The number of fused-ring (bicyclic) bond motifs is 1. The van der Waals surface area contributed by atoms with E-state index in [-0.39, 0.29) is 23.5 Å². The van der Waals surface area contributed by atoms with Crippen LogP contribution in [-0.2, 0) is 17.9 Å². The molecule has 6 rings (SSSR count). The van der Waals surface area contributed by atoms with Gasteiger partial charge in [0, 0.05) is 59.1 Å². The first-order chi connectivity index (χ1) is 17.5. The van der Waals surface area contributed by atoms with Crippen molar-refractivity contribution in [3.8, 4) is 5.82 Å². The molecule has 1 aliphatic heterocycles. The summed E-state index contributed by atoms with van der Waals surface area (Å²) < 4.78 is 18.3. The summed E-state index contributed by atoms with van der Waals surface area (Å²) >= 11 is 0. The van der Waals surface area contributed by atoms with Crippen LogP contribution in [0.5, 0.6) is 0 Å². The van der Waals surface area contributed by atoms with E-state index in [1.807, 2.05) is 36.4 Å². The van der Waals surface area contributed by atoms with Crippen LogP contribution in [-0.4, -0.2) is 48.3 Å². The zero-order valence-electron chi connectivity index (χ0n) is 20.4. The van der Waals surface area contributed by atoms with Gasteiger partial charge in [0.05, 0.1) is 25.0 Å². The fourth-order valence-corrected chi connectivity index (χ4v) is 4.68. The van der Waals surface area contributed by atoms with Gasteiger partial charge in [0.25, 0.3) is 0 Å². The summed E-state index contributed by atoms with van der Waals surface area (Å²) in [5.74, 6) is 0.0777. The Morgan fingerprint density at radius 1 is 1.28 bits per heavy atom. The number of halogens is 1. The molecule has 1 aliphatic carbocycles. The van der Waals surface area contributed by atoms with E-state index in [9.17, 15) is 9.18 Å². The number of benzene rings is 1. The lowest BCUT2D eigenvalue weighted by Crippen LogP contribution is -2.17. The number of ketones is 1. The molecule has 36 heavy (non-hydrogen) atoms. The van der Waals surface area contributed by atoms with Crippen molar-refractivity contribution < 1.29 is 14.0 Å². The molecule has 0 bridgehead atoms. The Bertz CT molecular complexity index is 1450. The summed E-state index contributed by atoms with van der Waals surface area (Å²) in [4.78, 5) is 27.0. The van der Waals surface area contributed by atoms with Crippen LogP contribution in [0.4, 0.5) is 16.0 Å². The van der Waals surface area contributed by atoms with E-state index in [0.29, 0.717) is 13.2 Å². The van der Waals surface area contributed by atoms with Crippen molar-refractivity contribution in [3.63, 3.8) is 0 Å². The van der Waals surface area contributed by atoms with Gasteiger partial charge >= 0.3 is 0 Å². The zero-order valence-corrected chi connectivity index (χ0v) is 20.4. The van der Waals surface area contributed by atoms with E-state index in [0.717, 1.165) is 72.0 Å². The Kier molecular flexibility index (Phi) is 5.77. The van der Waals surface area contributed by atoms with Gasteiger partial charge in [-0.15, -0.1) is 0 Å². The van der Waals surface area contributed by atoms with Gasteiger partial charge in [-0.2, -0.15) is 15.1 Å². The summed E-state index contributed by atoms with van der Waals surface area (Å²) in [6.45, 7) is 6.89. The first-order valence-electron chi connectivity index (χ1n) is 12.4. The minimum atomic E-state index is -0.570. The highest BCUT2D eigenvalue weighted by Gasteiger charge is 2.32. The van der Waals surface area contributed by atoms with Gasteiger partial charge in [-0.05, 0) is 51.3 Å². The summed E-state index contributed by atoms with van der Waals surface area (Å²) in [7, 11) is 0. The molecule has 0 spiro atoms. The number of anilines is 2. The maximum absolute atomic E-state index is 14.7. The monoisotopic (exact) mass is 489 g/mol. The number of hydroxylamine groups is 2. The third kappa shape index (κ3) is 4.27. The molecule has 4 heterocycles. The van der Waals surface area contributed by atoms with E-state index < -0.39 is 5.82 Å². The van der Waals surface area contributed by atoms with E-state index in [4.69, 9.17) is 4.84 Å². The van der Waals surface area contributed by atoms with Crippen LogP contribution in [0, 0.1) is 18.7 Å². The van der Waals surface area contributed by atoms with Crippen molar-refractivity contribution in [3.05, 3.63) is 59.4 Å². The lowest BCUT2D eigenvalue weighted by molar-refractivity contribution is -0.117. The van der Waals surface area contributed by atoms with Crippen LogP contribution in [0.15, 0.2) is 36.8 Å². The van der Waals surface area contributed by atoms with Crippen molar-refractivity contribution in [1.82, 2.24) is 29.4 Å². The van der Waals surface area contributed by atoms with Crippen LogP contribution in [0.1, 0.15) is 47.8 Å². The highest BCUT2D eigenvalue weighted by Crippen LogP contribution is 2.36. The average Bonchev–Trinajstić information content (AvgIpc) is 3.30. The van der Waals surface area contributed by atoms with Crippen LogP contribution < -0.4 is 5.32 Å². The zero-order chi connectivity index (χ0) is 24.8. The Hall–Kier alpha value is -3.63. The minimum Gasteiger partial charge on any atom is -0.347 e. The smallest absolute Gasteiger partial charge is 0.229 e. The minimum absolute atomic E-state index is 0.0620. The van der Waals surface area contributed by atoms with Crippen molar-refractivity contribution >= 4 is 28.3 Å². The largest absolute Gasteiger partial charge is 0.347 e. The van der Waals surface area contributed by atoms with E-state index in [1.165, 1.54) is 4.68 Å². The van der Waals surface area contributed by atoms with Crippen LogP contribution in [0.2, 0.25) is 0 Å². The number of carbonyl (C=O) groups excluding carboxylic acids is 1. The molecule has 0 radical (unpaired) electrons. The molecule has 186 valence electrons. The van der Waals surface area contributed by atoms with Gasteiger partial charge < -0.3 is 9.88 Å². The number of aromatic nitrogens is 5. The molecule has 10 heteroatoms. The maximum Gasteiger partial charge on any atom is 0.229 e. The van der Waals surface area contributed by atoms with Crippen molar-refractivity contribution in [2.24, 2.45) is 5.92 Å². The van der Waals surface area contributed by atoms with Crippen molar-refractivity contribution in [2.75, 3.05) is 18.5 Å². The molecule has 1 aromatic carbocycles. The SMILES string of the molecule is CCn1cc(C(=O)C2CC2)c2cc(Nc3ncc(F)c(-n4cc(CN5CCCO5)c(C)n4)n3)ccc21. The number of hydrogen-bond donors (Lipinski definition) is 1. The molecule has 0 amide bonds. The molecular formula is C26H28FN7O2. The summed E-state index contributed by atoms with van der Waals surface area (Å²) in [6.07, 6.45) is 7.78. The second-order valence-electron chi connectivity index (χ2n) is 9.42. The number of rotatable bonds is 8. The maximum atomic E-state index is 14.7. The second-order valence-corrected chi connectivity index (χ2v) is 9.42. The van der Waals surface area contributed by atoms with Gasteiger partial charge in [0.2, 0.25) is 5.95 Å². The summed E-state index contributed by atoms with van der Waals surface area (Å²) in [6, 6.07) is 5.84. The predicted octanol–water partition coefficient (Wildman–Crippen LogP) is 4.56. The number of carbonyl (C=O) groups is 1. The lowest BCUT2D eigenvalue weighted by Gasteiger charge is -2.12. The van der Waals surface area contributed by atoms with Gasteiger partial charge in [0.15, 0.2) is 17.4 Å². The Morgan fingerprint density at radius 3 is 2.89 bits per heavy atom. The van der Waals surface area contributed by atoms with Crippen LogP contribution in [0.25, 0.3) is 16.7 Å². The molecule has 0 unspecified atom stereocenters. The topological polar surface area (TPSA) is 90.1 Å². The molecule has 1 N–H and O–H groups in total. The second kappa shape index (κ2) is 9.11. The molecule has 9 nitrogen and oxygen atoms in total. The molecule has 0 atom stereocenters. The van der Waals surface area contributed by atoms with Crippen LogP contribution in [0.3, 0.4) is 0 Å². The molecule has 4 aromatic rings. The molecule has 1 saturated heterocycles. The Balaban J connectivity index is 1.29. The third-order valence-electron chi connectivity index (χ3n) is 6.81. The Morgan fingerprint density at radius 2 is 2.14 bits per heavy atom. The fourth-order valence-electron chi connectivity index (χ4n) is 4.68. The number of nitrogens with zero attached hydrogens (tertiary/aromatic N) is 6. The normalized spacial score (nSPS) is 16.2. The number of Topliss-reactive ketones (excluding diaryl/α,β-unsaturated/α-hetero) is 1. The average molecular weight is 490 g/mol. The summed E-state index contributed by atoms with van der Waals surface area (Å²) in [5.41, 5.74) is 4.22. The van der Waals surface area contributed by atoms with Gasteiger partial charge in [0.1, 0.15) is 0 Å². The quantitative estimate of drug-likeness (QED) is 0.363.